The number of halogens is 2. The summed E-state index contributed by atoms with van der Waals surface area (Å²) in [6, 6.07) is 0. The van der Waals surface area contributed by atoms with E-state index >= 15 is 0 Å². The second-order valence-electron chi connectivity index (χ2n) is 4.87. The molecule has 0 aliphatic rings. The summed E-state index contributed by atoms with van der Waals surface area (Å²) in [4.78, 5) is 22.4. The molecule has 0 aromatic heterocycles. The maximum absolute atomic E-state index is 13.8. The molecule has 6 heteroatoms. The molecule has 0 aromatic rings. The highest BCUT2D eigenvalue weighted by molar-refractivity contribution is 5.79. The zero-order chi connectivity index (χ0) is 14.6. The summed E-state index contributed by atoms with van der Waals surface area (Å²) in [5.41, 5.74) is -1.02. The molecule has 0 aliphatic carbocycles. The highest BCUT2D eigenvalue weighted by Crippen LogP contribution is 2.28. The SMILES string of the molecule is CCC(=O)OC(CC)C(F)(F)C(=O)OC(C)(C)C. The maximum Gasteiger partial charge on any atom is 0.381 e. The van der Waals surface area contributed by atoms with Gasteiger partial charge in [-0.3, -0.25) is 4.79 Å². The Morgan fingerprint density at radius 3 is 2.00 bits per heavy atom. The van der Waals surface area contributed by atoms with Crippen molar-refractivity contribution >= 4 is 11.9 Å². The number of ether oxygens (including phenoxy) is 2. The Morgan fingerprint density at radius 1 is 1.17 bits per heavy atom. The Bertz CT molecular complexity index is 308. The van der Waals surface area contributed by atoms with Crippen LogP contribution < -0.4 is 0 Å². The lowest BCUT2D eigenvalue weighted by Crippen LogP contribution is -2.47. The molecular weight excluding hydrogens is 246 g/mol. The Kier molecular flexibility index (Phi) is 5.70. The second kappa shape index (κ2) is 6.11. The van der Waals surface area contributed by atoms with Gasteiger partial charge in [0.05, 0.1) is 0 Å². The fraction of sp³-hybridized carbons (Fsp3) is 0.833. The molecule has 18 heavy (non-hydrogen) atoms. The lowest BCUT2D eigenvalue weighted by Gasteiger charge is -2.27. The third kappa shape index (κ3) is 4.98. The van der Waals surface area contributed by atoms with Gasteiger partial charge in [-0.25, -0.2) is 4.79 Å². The number of carbonyl (C=O) groups is 2. The molecule has 0 heterocycles. The molecule has 0 fully saturated rings. The minimum atomic E-state index is -3.84. The van der Waals surface area contributed by atoms with Crippen LogP contribution in [0.5, 0.6) is 0 Å². The first-order valence-corrected chi connectivity index (χ1v) is 5.85. The zero-order valence-corrected chi connectivity index (χ0v) is 11.4. The van der Waals surface area contributed by atoms with Gasteiger partial charge in [-0.05, 0) is 27.2 Å². The van der Waals surface area contributed by atoms with Gasteiger partial charge in [0.2, 0.25) is 0 Å². The van der Waals surface area contributed by atoms with Crippen molar-refractivity contribution in [3.8, 4) is 0 Å². The summed E-state index contributed by atoms with van der Waals surface area (Å²) in [5.74, 6) is -6.29. The van der Waals surface area contributed by atoms with E-state index in [0.717, 1.165) is 0 Å². The number of carbonyl (C=O) groups excluding carboxylic acids is 2. The van der Waals surface area contributed by atoms with Crippen LogP contribution in [0.3, 0.4) is 0 Å². The number of esters is 2. The highest BCUT2D eigenvalue weighted by Gasteiger charge is 2.51. The molecule has 0 radical (unpaired) electrons. The first kappa shape index (κ1) is 16.8. The molecule has 0 N–H and O–H groups in total. The molecule has 1 unspecified atom stereocenters. The van der Waals surface area contributed by atoms with Crippen molar-refractivity contribution in [3.63, 3.8) is 0 Å². The molecule has 0 bridgehead atoms. The fourth-order valence-electron chi connectivity index (χ4n) is 1.13. The van der Waals surface area contributed by atoms with E-state index in [1.165, 1.54) is 34.6 Å². The standard InChI is InChI=1S/C12H20F2O4/c1-6-8(17-9(15)7-2)12(13,14)10(16)18-11(3,4)5/h8H,6-7H2,1-5H3. The van der Waals surface area contributed by atoms with E-state index < -0.39 is 29.6 Å². The van der Waals surface area contributed by atoms with Crippen LogP contribution >= 0.6 is 0 Å². The normalized spacial score (nSPS) is 13.9. The van der Waals surface area contributed by atoms with Crippen LogP contribution in [0.25, 0.3) is 0 Å². The van der Waals surface area contributed by atoms with Crippen molar-refractivity contribution in [3.05, 3.63) is 0 Å². The maximum atomic E-state index is 13.8. The molecule has 0 amide bonds. The van der Waals surface area contributed by atoms with E-state index in [-0.39, 0.29) is 12.8 Å². The van der Waals surface area contributed by atoms with Gasteiger partial charge >= 0.3 is 17.9 Å². The largest absolute Gasteiger partial charge is 0.455 e. The summed E-state index contributed by atoms with van der Waals surface area (Å²) < 4.78 is 36.7. The minimum absolute atomic E-state index is 0.0269. The van der Waals surface area contributed by atoms with Crippen molar-refractivity contribution in [2.45, 2.75) is 65.1 Å². The third-order valence-corrected chi connectivity index (χ3v) is 2.01. The van der Waals surface area contributed by atoms with Crippen molar-refractivity contribution in [2.75, 3.05) is 0 Å². The van der Waals surface area contributed by atoms with Crippen LogP contribution in [0.1, 0.15) is 47.5 Å². The van der Waals surface area contributed by atoms with Crippen LogP contribution in [0.4, 0.5) is 8.78 Å². The number of hydrogen-bond donors (Lipinski definition) is 0. The Morgan fingerprint density at radius 2 is 1.67 bits per heavy atom. The summed E-state index contributed by atoms with van der Waals surface area (Å²) in [7, 11) is 0. The van der Waals surface area contributed by atoms with Crippen LogP contribution in [-0.2, 0) is 19.1 Å². The van der Waals surface area contributed by atoms with Gasteiger partial charge < -0.3 is 9.47 Å². The van der Waals surface area contributed by atoms with Gasteiger partial charge in [0.25, 0.3) is 0 Å². The van der Waals surface area contributed by atoms with Crippen molar-refractivity contribution in [2.24, 2.45) is 0 Å². The quantitative estimate of drug-likeness (QED) is 0.718. The third-order valence-electron chi connectivity index (χ3n) is 2.01. The lowest BCUT2D eigenvalue weighted by molar-refractivity contribution is -0.206. The van der Waals surface area contributed by atoms with Crippen molar-refractivity contribution in [1.82, 2.24) is 0 Å². The minimum Gasteiger partial charge on any atom is -0.455 e. The van der Waals surface area contributed by atoms with Gasteiger partial charge in [0.1, 0.15) is 5.60 Å². The van der Waals surface area contributed by atoms with E-state index in [4.69, 9.17) is 0 Å². The van der Waals surface area contributed by atoms with E-state index in [0.29, 0.717) is 0 Å². The predicted octanol–water partition coefficient (Wildman–Crippen LogP) is 2.70. The highest BCUT2D eigenvalue weighted by atomic mass is 19.3. The van der Waals surface area contributed by atoms with E-state index in [1.807, 2.05) is 0 Å². The Hall–Kier alpha value is -1.20. The molecule has 4 nitrogen and oxygen atoms in total. The van der Waals surface area contributed by atoms with Gasteiger partial charge in [-0.2, -0.15) is 8.78 Å². The van der Waals surface area contributed by atoms with E-state index in [1.54, 1.807) is 0 Å². The van der Waals surface area contributed by atoms with E-state index in [9.17, 15) is 18.4 Å². The molecule has 106 valence electrons. The first-order valence-electron chi connectivity index (χ1n) is 5.85. The summed E-state index contributed by atoms with van der Waals surface area (Å²) >= 11 is 0. The smallest absolute Gasteiger partial charge is 0.381 e. The van der Waals surface area contributed by atoms with Crippen LogP contribution in [-0.4, -0.2) is 29.6 Å². The van der Waals surface area contributed by atoms with Gasteiger partial charge in [0, 0.05) is 6.42 Å². The molecule has 0 rings (SSSR count). The topological polar surface area (TPSA) is 52.6 Å². The van der Waals surface area contributed by atoms with Crippen LogP contribution in [0.15, 0.2) is 0 Å². The second-order valence-corrected chi connectivity index (χ2v) is 4.87. The fourth-order valence-corrected chi connectivity index (χ4v) is 1.13. The van der Waals surface area contributed by atoms with Gasteiger partial charge in [-0.15, -0.1) is 0 Å². The summed E-state index contributed by atoms with van der Waals surface area (Å²) in [6.07, 6.45) is -1.99. The Balaban J connectivity index is 4.85. The molecule has 0 spiro atoms. The van der Waals surface area contributed by atoms with Gasteiger partial charge in [-0.1, -0.05) is 13.8 Å². The van der Waals surface area contributed by atoms with Crippen molar-refractivity contribution in [1.29, 1.82) is 0 Å². The lowest BCUT2D eigenvalue weighted by atomic mass is 10.1. The van der Waals surface area contributed by atoms with Crippen LogP contribution in [0, 0.1) is 0 Å². The summed E-state index contributed by atoms with van der Waals surface area (Å²) in [6.45, 7) is 7.35. The number of rotatable bonds is 5. The first-order chi connectivity index (χ1) is 8.04. The molecule has 0 saturated heterocycles. The Labute approximate surface area is 106 Å². The monoisotopic (exact) mass is 266 g/mol. The number of alkyl halides is 2. The molecule has 0 aromatic carbocycles. The average molecular weight is 266 g/mol. The zero-order valence-electron chi connectivity index (χ0n) is 11.4. The summed E-state index contributed by atoms with van der Waals surface area (Å²) in [5, 5.41) is 0. The average Bonchev–Trinajstić information content (AvgIpc) is 2.22. The van der Waals surface area contributed by atoms with Gasteiger partial charge in [0.15, 0.2) is 6.10 Å². The number of hydrogen-bond acceptors (Lipinski definition) is 4. The molecule has 1 atom stereocenters. The van der Waals surface area contributed by atoms with E-state index in [2.05, 4.69) is 9.47 Å². The van der Waals surface area contributed by atoms with Crippen molar-refractivity contribution < 1.29 is 27.8 Å². The molecule has 0 aliphatic heterocycles. The van der Waals surface area contributed by atoms with Crippen LogP contribution in [0.2, 0.25) is 0 Å². The predicted molar refractivity (Wildman–Crippen MR) is 61.3 cm³/mol. The molecular formula is C12H20F2O4. The molecule has 0 saturated carbocycles.